The summed E-state index contributed by atoms with van der Waals surface area (Å²) < 4.78 is 12.3. The van der Waals surface area contributed by atoms with Gasteiger partial charge in [-0.05, 0) is 75.2 Å². The Morgan fingerprint density at radius 3 is 2.36 bits per heavy atom. The second-order valence-corrected chi connectivity index (χ2v) is 13.1. The number of hydrogen-bond acceptors (Lipinski definition) is 4. The smallest absolute Gasteiger partial charge is 0.228 e. The largest absolute Gasteiger partial charge is 0.471 e. The molecule has 1 aliphatic rings. The van der Waals surface area contributed by atoms with Crippen molar-refractivity contribution in [2.24, 2.45) is 5.41 Å². The summed E-state index contributed by atoms with van der Waals surface area (Å²) in [7, 11) is 0. The van der Waals surface area contributed by atoms with Gasteiger partial charge in [-0.25, -0.2) is 4.98 Å². The van der Waals surface area contributed by atoms with E-state index in [1.807, 2.05) is 94.4 Å². The third-order valence-electron chi connectivity index (χ3n) is 7.30. The molecule has 0 fully saturated rings. The van der Waals surface area contributed by atoms with Crippen LogP contribution in [-0.2, 0) is 16.1 Å². The van der Waals surface area contributed by atoms with E-state index < -0.39 is 11.0 Å². The highest BCUT2D eigenvalue weighted by molar-refractivity contribution is 6.36. The third-order valence-corrected chi connectivity index (χ3v) is 8.10. The average Bonchev–Trinajstić information content (AvgIpc) is 2.93. The Balaban J connectivity index is 1.49. The minimum Gasteiger partial charge on any atom is -0.471 e. The van der Waals surface area contributed by atoms with Crippen LogP contribution >= 0.6 is 34.8 Å². The lowest BCUT2D eigenvalue weighted by molar-refractivity contribution is -0.134. The number of nitrogens with one attached hydrogen (secondary N) is 1. The molecule has 5 nitrogen and oxygen atoms in total. The van der Waals surface area contributed by atoms with Crippen LogP contribution in [0, 0.1) is 5.41 Å². The van der Waals surface area contributed by atoms with E-state index in [-0.39, 0.29) is 18.6 Å². The van der Waals surface area contributed by atoms with Crippen LogP contribution in [0.5, 0.6) is 5.88 Å². The second kappa shape index (κ2) is 12.3. The van der Waals surface area contributed by atoms with Crippen LogP contribution in [0.2, 0.25) is 15.1 Å². The third kappa shape index (κ3) is 6.92. The molecular weight excluding hydrogens is 591 g/mol. The Hall–Kier alpha value is -3.09. The van der Waals surface area contributed by atoms with Crippen LogP contribution in [0.15, 0.2) is 78.9 Å². The molecule has 42 heavy (non-hydrogen) atoms. The SMILES string of the molecule is CC1(C)CC(NC(=O)C(C)(C)COCc2ccccc2)c2cc(-c3ccc(Cl)cc3)c(-c3ccc(Cl)cc3Cl)nc2O1. The molecule has 1 atom stereocenters. The van der Waals surface area contributed by atoms with Crippen molar-refractivity contribution in [2.45, 2.75) is 52.4 Å². The first-order valence-corrected chi connectivity index (χ1v) is 14.9. The molecule has 0 bridgehead atoms. The van der Waals surface area contributed by atoms with Gasteiger partial charge in [-0.1, -0.05) is 77.3 Å². The van der Waals surface area contributed by atoms with Gasteiger partial charge in [0, 0.05) is 33.2 Å². The fraction of sp³-hybridized carbons (Fsp3) is 0.294. The van der Waals surface area contributed by atoms with Crippen molar-refractivity contribution >= 4 is 40.7 Å². The van der Waals surface area contributed by atoms with Gasteiger partial charge in [0.15, 0.2) is 0 Å². The molecule has 0 saturated carbocycles. The summed E-state index contributed by atoms with van der Waals surface area (Å²) in [5.74, 6) is 0.343. The molecule has 1 aliphatic heterocycles. The van der Waals surface area contributed by atoms with Gasteiger partial charge in [0.2, 0.25) is 11.8 Å². The lowest BCUT2D eigenvalue weighted by Crippen LogP contribution is -2.46. The van der Waals surface area contributed by atoms with Crippen LogP contribution < -0.4 is 10.1 Å². The number of ether oxygens (including phenoxy) is 2. The maximum atomic E-state index is 13.7. The number of fused-ring (bicyclic) bond motifs is 1. The number of pyridine rings is 1. The van der Waals surface area contributed by atoms with Crippen molar-refractivity contribution in [2.75, 3.05) is 6.61 Å². The van der Waals surface area contributed by atoms with Crippen molar-refractivity contribution in [3.05, 3.63) is 105 Å². The Kier molecular flexibility index (Phi) is 8.86. The molecule has 0 saturated heterocycles. The molecule has 5 rings (SSSR count). The molecule has 0 aliphatic carbocycles. The second-order valence-electron chi connectivity index (χ2n) is 11.9. The van der Waals surface area contributed by atoms with E-state index >= 15 is 0 Å². The molecule has 1 amide bonds. The summed E-state index contributed by atoms with van der Waals surface area (Å²) in [4.78, 5) is 18.7. The molecule has 0 radical (unpaired) electrons. The Morgan fingerprint density at radius 1 is 0.976 bits per heavy atom. The minimum absolute atomic E-state index is 0.109. The highest BCUT2D eigenvalue weighted by atomic mass is 35.5. The molecule has 8 heteroatoms. The first-order valence-electron chi connectivity index (χ1n) is 13.8. The van der Waals surface area contributed by atoms with E-state index in [0.29, 0.717) is 39.7 Å². The number of carbonyl (C=O) groups is 1. The zero-order chi connectivity index (χ0) is 30.1. The van der Waals surface area contributed by atoms with Gasteiger partial charge < -0.3 is 14.8 Å². The van der Waals surface area contributed by atoms with E-state index in [2.05, 4.69) is 5.32 Å². The van der Waals surface area contributed by atoms with Crippen LogP contribution in [0.3, 0.4) is 0 Å². The van der Waals surface area contributed by atoms with Crippen LogP contribution in [0.25, 0.3) is 22.4 Å². The molecule has 218 valence electrons. The van der Waals surface area contributed by atoms with Crippen LogP contribution in [0.1, 0.15) is 51.3 Å². The number of hydrogen-bond donors (Lipinski definition) is 1. The number of amides is 1. The van der Waals surface area contributed by atoms with E-state index in [4.69, 9.17) is 49.3 Å². The van der Waals surface area contributed by atoms with Gasteiger partial charge >= 0.3 is 0 Å². The zero-order valence-corrected chi connectivity index (χ0v) is 26.3. The number of nitrogens with zero attached hydrogens (tertiary/aromatic N) is 1. The lowest BCUT2D eigenvalue weighted by Gasteiger charge is -2.38. The average molecular weight is 624 g/mol. The van der Waals surface area contributed by atoms with Gasteiger partial charge in [0.1, 0.15) is 5.60 Å². The van der Waals surface area contributed by atoms with Gasteiger partial charge in [0.05, 0.1) is 35.4 Å². The molecular formula is C34H33Cl3N2O3. The molecule has 4 aromatic rings. The standard InChI is InChI=1S/C34H33Cl3N2O3/c1-33(2,20-41-19-21-8-6-5-7-9-21)32(40)38-29-18-34(3,4)42-31-27(29)17-26(22-10-12-23(35)13-11-22)30(39-31)25-15-14-24(36)16-28(25)37/h5-17,29H,18-20H2,1-4H3,(H,38,40). The number of benzene rings is 3. The van der Waals surface area contributed by atoms with Crippen LogP contribution in [0.4, 0.5) is 0 Å². The minimum atomic E-state index is -0.763. The zero-order valence-electron chi connectivity index (χ0n) is 24.0. The fourth-order valence-electron chi connectivity index (χ4n) is 5.03. The van der Waals surface area contributed by atoms with E-state index in [0.717, 1.165) is 27.8 Å². The van der Waals surface area contributed by atoms with Gasteiger partial charge in [-0.15, -0.1) is 0 Å². The molecule has 1 unspecified atom stereocenters. The summed E-state index contributed by atoms with van der Waals surface area (Å²) in [5.41, 5.74) is 3.62. The predicted octanol–water partition coefficient (Wildman–Crippen LogP) is 9.34. The predicted molar refractivity (Wildman–Crippen MR) is 170 cm³/mol. The van der Waals surface area contributed by atoms with E-state index in [1.165, 1.54) is 0 Å². The molecule has 1 aromatic heterocycles. The quantitative estimate of drug-likeness (QED) is 0.212. The highest BCUT2D eigenvalue weighted by Gasteiger charge is 2.39. The topological polar surface area (TPSA) is 60.5 Å². The molecule has 1 N–H and O–H groups in total. The first kappa shape index (κ1) is 30.4. The number of carbonyl (C=O) groups excluding carboxylic acids is 1. The van der Waals surface area contributed by atoms with Crippen molar-refractivity contribution in [3.8, 4) is 28.3 Å². The summed E-state index contributed by atoms with van der Waals surface area (Å²) in [6.45, 7) is 8.48. The van der Waals surface area contributed by atoms with Crippen molar-refractivity contribution in [1.82, 2.24) is 10.3 Å². The van der Waals surface area contributed by atoms with E-state index in [9.17, 15) is 4.79 Å². The molecule has 3 aromatic carbocycles. The fourth-order valence-corrected chi connectivity index (χ4v) is 5.65. The summed E-state index contributed by atoms with van der Waals surface area (Å²) >= 11 is 19.1. The van der Waals surface area contributed by atoms with Gasteiger partial charge in [-0.3, -0.25) is 4.79 Å². The maximum absolute atomic E-state index is 13.7. The van der Waals surface area contributed by atoms with Crippen molar-refractivity contribution in [1.29, 1.82) is 0 Å². The summed E-state index contributed by atoms with van der Waals surface area (Å²) in [6, 6.07) is 24.5. The summed E-state index contributed by atoms with van der Waals surface area (Å²) in [6.07, 6.45) is 0.565. The van der Waals surface area contributed by atoms with Gasteiger partial charge in [0.25, 0.3) is 0 Å². The monoisotopic (exact) mass is 622 g/mol. The Morgan fingerprint density at radius 2 is 1.67 bits per heavy atom. The van der Waals surface area contributed by atoms with Crippen LogP contribution in [-0.4, -0.2) is 23.1 Å². The number of rotatable bonds is 8. The normalized spacial score (nSPS) is 15.9. The van der Waals surface area contributed by atoms with Crippen molar-refractivity contribution in [3.63, 3.8) is 0 Å². The van der Waals surface area contributed by atoms with Crippen molar-refractivity contribution < 1.29 is 14.3 Å². The van der Waals surface area contributed by atoms with Gasteiger partial charge in [-0.2, -0.15) is 0 Å². The van der Waals surface area contributed by atoms with E-state index in [1.54, 1.807) is 12.1 Å². The number of halogens is 3. The first-order chi connectivity index (χ1) is 19.9. The number of aromatic nitrogens is 1. The highest BCUT2D eigenvalue weighted by Crippen LogP contribution is 2.45. The molecule has 0 spiro atoms. The molecule has 2 heterocycles. The Labute approximate surface area is 262 Å². The maximum Gasteiger partial charge on any atom is 0.228 e. The lowest BCUT2D eigenvalue weighted by atomic mass is 9.86. The Bertz CT molecular complexity index is 1590. The summed E-state index contributed by atoms with van der Waals surface area (Å²) in [5, 5.41) is 4.92.